The summed E-state index contributed by atoms with van der Waals surface area (Å²) < 4.78 is 1.07. The van der Waals surface area contributed by atoms with Gasteiger partial charge in [-0.1, -0.05) is 17.7 Å². The topological polar surface area (TPSA) is 83.6 Å². The number of amides is 2. The molecule has 3 rings (SSSR count). The molecule has 0 aliphatic carbocycles. The molecule has 3 N–H and O–H groups in total. The van der Waals surface area contributed by atoms with Crippen LogP contribution in [-0.2, 0) is 4.79 Å². The van der Waals surface area contributed by atoms with Crippen molar-refractivity contribution >= 4 is 33.2 Å². The molecule has 22 heavy (non-hydrogen) atoms. The number of fused-ring (bicyclic) bond motifs is 1. The molecule has 1 aliphatic heterocycles. The Morgan fingerprint density at radius 2 is 2.09 bits per heavy atom. The van der Waals surface area contributed by atoms with Gasteiger partial charge in [-0.05, 0) is 30.9 Å². The molecule has 1 atom stereocenters. The van der Waals surface area contributed by atoms with Crippen LogP contribution in [0.2, 0.25) is 0 Å². The van der Waals surface area contributed by atoms with Gasteiger partial charge in [-0.3, -0.25) is 9.59 Å². The predicted molar refractivity (Wildman–Crippen MR) is 86.0 cm³/mol. The number of primary amides is 1. The maximum absolute atomic E-state index is 12.7. The van der Waals surface area contributed by atoms with Crippen molar-refractivity contribution in [3.63, 3.8) is 0 Å². The highest BCUT2D eigenvalue weighted by atomic mass is 32.1. The van der Waals surface area contributed by atoms with E-state index < -0.39 is 11.5 Å². The first kappa shape index (κ1) is 15.0. The monoisotopic (exact) mass is 318 g/mol. The molecule has 2 heterocycles. The van der Waals surface area contributed by atoms with Crippen LogP contribution in [0.25, 0.3) is 10.1 Å². The molecule has 0 bridgehead atoms. The van der Waals surface area contributed by atoms with Gasteiger partial charge in [0.05, 0.1) is 11.4 Å². The van der Waals surface area contributed by atoms with Crippen LogP contribution in [0.3, 0.4) is 0 Å². The van der Waals surface area contributed by atoms with E-state index in [2.05, 4.69) is 6.07 Å². The summed E-state index contributed by atoms with van der Waals surface area (Å²) in [5.74, 6) is -0.917. The van der Waals surface area contributed by atoms with E-state index in [1.807, 2.05) is 26.0 Å². The van der Waals surface area contributed by atoms with Crippen molar-refractivity contribution in [3.8, 4) is 0 Å². The summed E-state index contributed by atoms with van der Waals surface area (Å²) in [7, 11) is 0. The number of carbonyl (C=O) groups excluding carboxylic acids is 2. The van der Waals surface area contributed by atoms with Gasteiger partial charge in [0.2, 0.25) is 0 Å². The highest BCUT2D eigenvalue weighted by Crippen LogP contribution is 2.33. The molecule has 1 saturated heterocycles. The van der Waals surface area contributed by atoms with Crippen molar-refractivity contribution in [2.24, 2.45) is 5.73 Å². The molecule has 1 aromatic carbocycles. The molecular formula is C16H18N2O3S. The first-order valence-corrected chi connectivity index (χ1v) is 7.95. The second kappa shape index (κ2) is 5.07. The number of likely N-dealkylation sites (tertiary alicyclic amines) is 1. The maximum Gasteiger partial charge on any atom is 0.264 e. The lowest BCUT2D eigenvalue weighted by Crippen LogP contribution is -2.46. The highest BCUT2D eigenvalue weighted by molar-refractivity contribution is 7.21. The number of aryl methyl sites for hydroxylation is 2. The molecule has 116 valence electrons. The minimum atomic E-state index is -1.60. The van der Waals surface area contributed by atoms with Gasteiger partial charge in [0, 0.05) is 17.7 Å². The van der Waals surface area contributed by atoms with Crippen molar-refractivity contribution in [2.75, 3.05) is 13.1 Å². The number of nitrogens with zero attached hydrogens (tertiary/aromatic N) is 1. The summed E-state index contributed by atoms with van der Waals surface area (Å²) in [5, 5.41) is 11.2. The molecule has 1 unspecified atom stereocenters. The van der Waals surface area contributed by atoms with Crippen molar-refractivity contribution in [1.29, 1.82) is 0 Å². The Morgan fingerprint density at radius 1 is 1.36 bits per heavy atom. The van der Waals surface area contributed by atoms with Crippen molar-refractivity contribution < 1.29 is 14.7 Å². The van der Waals surface area contributed by atoms with Crippen LogP contribution in [0.1, 0.15) is 27.2 Å². The second-order valence-electron chi connectivity index (χ2n) is 5.93. The summed E-state index contributed by atoms with van der Waals surface area (Å²) >= 11 is 1.45. The highest BCUT2D eigenvalue weighted by Gasteiger charge is 2.43. The Kier molecular flexibility index (Phi) is 3.45. The van der Waals surface area contributed by atoms with Crippen LogP contribution < -0.4 is 5.73 Å². The van der Waals surface area contributed by atoms with Crippen LogP contribution in [0, 0.1) is 13.8 Å². The van der Waals surface area contributed by atoms with Gasteiger partial charge >= 0.3 is 0 Å². The second-order valence-corrected chi connectivity index (χ2v) is 6.98. The Balaban J connectivity index is 1.94. The molecule has 0 spiro atoms. The van der Waals surface area contributed by atoms with E-state index in [1.165, 1.54) is 16.2 Å². The Labute approximate surface area is 132 Å². The van der Waals surface area contributed by atoms with E-state index in [1.54, 1.807) is 0 Å². The van der Waals surface area contributed by atoms with Gasteiger partial charge in [-0.15, -0.1) is 11.3 Å². The third-order valence-corrected chi connectivity index (χ3v) is 5.54. The van der Waals surface area contributed by atoms with Gasteiger partial charge in [0.1, 0.15) is 0 Å². The molecule has 6 heteroatoms. The third-order valence-electron chi connectivity index (χ3n) is 4.28. The Hall–Kier alpha value is -1.92. The summed E-state index contributed by atoms with van der Waals surface area (Å²) in [6, 6.07) is 6.11. The normalized spacial score (nSPS) is 21.5. The minimum absolute atomic E-state index is 0.0338. The lowest BCUT2D eigenvalue weighted by molar-refractivity contribution is -0.134. The molecule has 5 nitrogen and oxygen atoms in total. The first-order valence-electron chi connectivity index (χ1n) is 7.13. The maximum atomic E-state index is 12.7. The quantitative estimate of drug-likeness (QED) is 0.882. The van der Waals surface area contributed by atoms with Crippen molar-refractivity contribution in [3.05, 3.63) is 34.2 Å². The number of thiophene rings is 1. The molecule has 0 saturated carbocycles. The summed E-state index contributed by atoms with van der Waals surface area (Å²) in [6.07, 6.45) is 0.192. The smallest absolute Gasteiger partial charge is 0.264 e. The van der Waals surface area contributed by atoms with Crippen LogP contribution in [0.15, 0.2) is 18.2 Å². The predicted octanol–water partition coefficient (Wildman–Crippen LogP) is 1.58. The van der Waals surface area contributed by atoms with E-state index in [0.717, 1.165) is 21.2 Å². The van der Waals surface area contributed by atoms with Crippen LogP contribution in [-0.4, -0.2) is 40.5 Å². The summed E-state index contributed by atoms with van der Waals surface area (Å²) in [4.78, 5) is 26.2. The fourth-order valence-electron chi connectivity index (χ4n) is 2.85. The average Bonchev–Trinajstić information content (AvgIpc) is 3.01. The molecule has 2 amide bonds. The van der Waals surface area contributed by atoms with Gasteiger partial charge in [-0.2, -0.15) is 0 Å². The van der Waals surface area contributed by atoms with E-state index in [4.69, 9.17) is 5.73 Å². The van der Waals surface area contributed by atoms with Crippen LogP contribution in [0.4, 0.5) is 0 Å². The lowest BCUT2D eigenvalue weighted by atomic mass is 10.0. The number of carbonyl (C=O) groups is 2. The number of rotatable bonds is 2. The van der Waals surface area contributed by atoms with E-state index in [9.17, 15) is 14.7 Å². The molecule has 1 aliphatic rings. The zero-order valence-corrected chi connectivity index (χ0v) is 13.4. The number of hydrogen-bond acceptors (Lipinski definition) is 4. The van der Waals surface area contributed by atoms with Crippen LogP contribution >= 0.6 is 11.3 Å². The fourth-order valence-corrected chi connectivity index (χ4v) is 4.01. The number of aliphatic hydroxyl groups is 1. The Bertz CT molecular complexity index is 783. The van der Waals surface area contributed by atoms with Gasteiger partial charge < -0.3 is 15.7 Å². The molecule has 1 aromatic heterocycles. The lowest BCUT2D eigenvalue weighted by Gasteiger charge is -2.19. The van der Waals surface area contributed by atoms with E-state index >= 15 is 0 Å². The van der Waals surface area contributed by atoms with E-state index in [0.29, 0.717) is 11.4 Å². The first-order chi connectivity index (χ1) is 10.3. The van der Waals surface area contributed by atoms with Crippen LogP contribution in [0.5, 0.6) is 0 Å². The summed E-state index contributed by atoms with van der Waals surface area (Å²) in [5.41, 5.74) is 5.71. The largest absolute Gasteiger partial charge is 0.378 e. The molecule has 1 fully saturated rings. The van der Waals surface area contributed by atoms with Gasteiger partial charge in [-0.25, -0.2) is 0 Å². The number of benzene rings is 1. The van der Waals surface area contributed by atoms with Gasteiger partial charge in [0.25, 0.3) is 11.8 Å². The molecular weight excluding hydrogens is 300 g/mol. The molecule has 0 radical (unpaired) electrons. The zero-order valence-electron chi connectivity index (χ0n) is 12.5. The number of β-amino-alcohol motifs (C(OH)–C–C–N with tert-alkyl or cyclic N) is 1. The Morgan fingerprint density at radius 3 is 2.73 bits per heavy atom. The minimum Gasteiger partial charge on any atom is -0.378 e. The standard InChI is InChI=1S/C16H18N2O3S/c1-9-3-4-12-11(7-9)10(2)13(22-12)14(19)18-6-5-16(21,8-18)15(17)20/h3-4,7,21H,5-6,8H2,1-2H3,(H2,17,20). The summed E-state index contributed by atoms with van der Waals surface area (Å²) in [6.45, 7) is 4.26. The number of hydrogen-bond donors (Lipinski definition) is 2. The van der Waals surface area contributed by atoms with Crippen molar-refractivity contribution in [1.82, 2.24) is 4.90 Å². The SMILES string of the molecule is Cc1ccc2sc(C(=O)N3CCC(O)(C(N)=O)C3)c(C)c2c1. The van der Waals surface area contributed by atoms with E-state index in [-0.39, 0.29) is 18.9 Å². The average molecular weight is 318 g/mol. The van der Waals surface area contributed by atoms with Crippen molar-refractivity contribution in [2.45, 2.75) is 25.9 Å². The third kappa shape index (κ3) is 2.28. The fraction of sp³-hybridized carbons (Fsp3) is 0.375. The number of nitrogens with two attached hydrogens (primary N) is 1. The zero-order chi connectivity index (χ0) is 16.1. The molecule has 2 aromatic rings. The van der Waals surface area contributed by atoms with Gasteiger partial charge in [0.15, 0.2) is 5.60 Å².